The predicted molar refractivity (Wildman–Crippen MR) is 71.8 cm³/mol. The number of carboxylic acids is 1. The van der Waals surface area contributed by atoms with Crippen molar-refractivity contribution in [1.29, 1.82) is 0 Å². The minimum absolute atomic E-state index is 0. The van der Waals surface area contributed by atoms with Gasteiger partial charge >= 0.3 is 35.5 Å². The number of benzene rings is 2. The Bertz CT molecular complexity index is 575. The fraction of sp³-hybridized carbons (Fsp3) is 0.133. The zero-order valence-electron chi connectivity index (χ0n) is 12.5. The molecule has 0 bridgehead atoms. The zero-order chi connectivity index (χ0) is 13.7. The molecule has 0 radical (unpaired) electrons. The summed E-state index contributed by atoms with van der Waals surface area (Å²) in [5.41, 5.74) is 1.17. The molecule has 0 unspecified atom stereocenters. The average molecular weight is 282 g/mol. The Hall–Kier alpha value is -1.49. The number of methoxy groups -OCH3 is 1. The molecule has 0 aliphatic heterocycles. The molecular weight excluding hydrogens is 267 g/mol. The number of aromatic carboxylic acids is 1. The summed E-state index contributed by atoms with van der Waals surface area (Å²) in [6, 6.07) is 14.4. The van der Waals surface area contributed by atoms with Gasteiger partial charge in [0.2, 0.25) is 0 Å². The van der Waals surface area contributed by atoms with Crippen molar-refractivity contribution in [2.24, 2.45) is 0 Å². The second-order valence-electron chi connectivity index (χ2n) is 3.94. The normalized spacial score (nSPS) is 9.45. The van der Waals surface area contributed by atoms with Gasteiger partial charge in [0.1, 0.15) is 23.7 Å². The van der Waals surface area contributed by atoms with E-state index in [1.54, 1.807) is 12.1 Å². The van der Waals surface area contributed by atoms with E-state index in [1.165, 1.54) is 13.2 Å². The van der Waals surface area contributed by atoms with Crippen LogP contribution < -0.4 is 39.0 Å². The van der Waals surface area contributed by atoms with Crippen LogP contribution in [0.5, 0.6) is 11.5 Å². The first-order chi connectivity index (χ1) is 9.20. The number of ether oxygens (including phenoxy) is 2. The van der Waals surface area contributed by atoms with Crippen LogP contribution in [-0.4, -0.2) is 18.2 Å². The topological polar surface area (TPSA) is 55.8 Å². The van der Waals surface area contributed by atoms with Crippen molar-refractivity contribution >= 4 is 5.97 Å². The fourth-order valence-corrected chi connectivity index (χ4v) is 1.68. The molecule has 1 N–H and O–H groups in total. The smallest absolute Gasteiger partial charge is 1.00 e. The summed E-state index contributed by atoms with van der Waals surface area (Å²) in [6.45, 7) is 0.427. The number of carboxylic acid groups (broad SMARTS) is 1. The Morgan fingerprint density at radius 2 is 1.90 bits per heavy atom. The maximum Gasteiger partial charge on any atom is 1.00 e. The zero-order valence-corrected chi connectivity index (χ0v) is 13.5. The van der Waals surface area contributed by atoms with Crippen molar-refractivity contribution in [1.82, 2.24) is 0 Å². The Labute approximate surface area is 141 Å². The van der Waals surface area contributed by atoms with Crippen molar-refractivity contribution < 1.29 is 50.4 Å². The molecule has 0 aliphatic carbocycles. The molecule has 5 heteroatoms. The molecule has 2 aromatic carbocycles. The molecule has 0 spiro atoms. The molecule has 0 fully saturated rings. The molecule has 0 aromatic heterocycles. The van der Waals surface area contributed by atoms with Gasteiger partial charge in [0.05, 0.1) is 7.11 Å². The van der Waals surface area contributed by atoms with E-state index < -0.39 is 5.97 Å². The van der Waals surface area contributed by atoms with Crippen molar-refractivity contribution in [3.63, 3.8) is 0 Å². The van der Waals surface area contributed by atoms with Crippen LogP contribution in [0.1, 0.15) is 17.3 Å². The van der Waals surface area contributed by atoms with Gasteiger partial charge in [-0.25, -0.2) is 4.79 Å². The van der Waals surface area contributed by atoms with Crippen LogP contribution in [0.15, 0.2) is 48.5 Å². The average Bonchev–Trinajstić information content (AvgIpc) is 2.45. The van der Waals surface area contributed by atoms with Crippen molar-refractivity contribution in [3.05, 3.63) is 59.7 Å². The molecule has 0 saturated heterocycles. The molecule has 20 heavy (non-hydrogen) atoms. The van der Waals surface area contributed by atoms with Gasteiger partial charge in [-0.15, -0.1) is 0 Å². The first-order valence-corrected chi connectivity index (χ1v) is 5.79. The van der Waals surface area contributed by atoms with Crippen LogP contribution in [0.3, 0.4) is 0 Å². The van der Waals surface area contributed by atoms with E-state index in [4.69, 9.17) is 14.6 Å². The number of rotatable bonds is 5. The molecule has 2 aromatic rings. The number of hydrogen-bond acceptors (Lipinski definition) is 3. The van der Waals surface area contributed by atoms with Crippen molar-refractivity contribution in [2.45, 2.75) is 6.61 Å². The predicted octanol–water partition coefficient (Wildman–Crippen LogP) is 0.0889. The van der Waals surface area contributed by atoms with Gasteiger partial charge < -0.3 is 16.0 Å². The van der Waals surface area contributed by atoms with E-state index in [-0.39, 0.29) is 42.3 Å². The fourth-order valence-electron chi connectivity index (χ4n) is 1.68. The Balaban J connectivity index is 0.00000200. The molecule has 0 saturated carbocycles. The second-order valence-corrected chi connectivity index (χ2v) is 3.94. The van der Waals surface area contributed by atoms with Crippen LogP contribution in [0.4, 0.5) is 0 Å². The minimum Gasteiger partial charge on any atom is -1.00 e. The summed E-state index contributed by atoms with van der Waals surface area (Å²) in [5, 5.41) is 8.97. The molecule has 100 valence electrons. The van der Waals surface area contributed by atoms with Gasteiger partial charge in [-0.2, -0.15) is 0 Å². The van der Waals surface area contributed by atoms with Crippen LogP contribution in [0, 0.1) is 0 Å². The monoisotopic (exact) mass is 282 g/mol. The van der Waals surface area contributed by atoms with Gasteiger partial charge in [0, 0.05) is 6.07 Å². The maximum absolute atomic E-state index is 11.0. The van der Waals surface area contributed by atoms with Gasteiger partial charge in [-0.05, 0) is 17.7 Å². The number of hydrogen-bond donors (Lipinski definition) is 1. The minimum atomic E-state index is -1.02. The quantitative estimate of drug-likeness (QED) is 0.790. The summed E-state index contributed by atoms with van der Waals surface area (Å²) in [7, 11) is 1.43. The SMILES string of the molecule is COc1cc(OCc2ccccc2)ccc1C(=O)O.[H-].[Na+]. The van der Waals surface area contributed by atoms with E-state index in [0.29, 0.717) is 12.4 Å². The maximum atomic E-state index is 11.0. The van der Waals surface area contributed by atoms with Crippen molar-refractivity contribution in [2.75, 3.05) is 7.11 Å². The second kappa shape index (κ2) is 7.94. The van der Waals surface area contributed by atoms with Crippen molar-refractivity contribution in [3.8, 4) is 11.5 Å². The summed E-state index contributed by atoms with van der Waals surface area (Å²) in [6.07, 6.45) is 0. The molecule has 0 heterocycles. The van der Waals surface area contributed by atoms with E-state index in [9.17, 15) is 4.79 Å². The Morgan fingerprint density at radius 3 is 2.50 bits per heavy atom. The van der Waals surface area contributed by atoms with Gasteiger partial charge in [-0.3, -0.25) is 0 Å². The van der Waals surface area contributed by atoms with Crippen LogP contribution in [0.25, 0.3) is 0 Å². The number of carbonyl (C=O) groups is 1. The van der Waals surface area contributed by atoms with E-state index in [2.05, 4.69) is 0 Å². The standard InChI is InChI=1S/C15H14O4.Na.H/c1-18-14-9-12(7-8-13(14)15(16)17)19-10-11-5-3-2-4-6-11;;/h2-9H,10H2,1H3,(H,16,17);;/q;+1;-1. The third-order valence-electron chi connectivity index (χ3n) is 2.65. The molecule has 4 nitrogen and oxygen atoms in total. The molecule has 0 aliphatic rings. The summed E-state index contributed by atoms with van der Waals surface area (Å²) < 4.78 is 10.6. The van der Waals surface area contributed by atoms with Crippen LogP contribution in [-0.2, 0) is 6.61 Å². The summed E-state index contributed by atoms with van der Waals surface area (Å²) >= 11 is 0. The van der Waals surface area contributed by atoms with E-state index >= 15 is 0 Å². The summed E-state index contributed by atoms with van der Waals surface area (Å²) in [5.74, 6) is -0.157. The summed E-state index contributed by atoms with van der Waals surface area (Å²) in [4.78, 5) is 11.0. The molecule has 0 atom stereocenters. The van der Waals surface area contributed by atoms with Crippen LogP contribution >= 0.6 is 0 Å². The third-order valence-corrected chi connectivity index (χ3v) is 2.65. The third kappa shape index (κ3) is 4.27. The Morgan fingerprint density at radius 1 is 1.20 bits per heavy atom. The van der Waals surface area contributed by atoms with Gasteiger partial charge in [-0.1, -0.05) is 30.3 Å². The van der Waals surface area contributed by atoms with E-state index in [0.717, 1.165) is 5.56 Å². The first-order valence-electron chi connectivity index (χ1n) is 5.79. The molecule has 0 amide bonds. The molecule has 2 rings (SSSR count). The van der Waals surface area contributed by atoms with E-state index in [1.807, 2.05) is 30.3 Å². The Kier molecular flexibility index (Phi) is 6.58. The van der Waals surface area contributed by atoms with Gasteiger partial charge in [0.25, 0.3) is 0 Å². The van der Waals surface area contributed by atoms with Gasteiger partial charge in [0.15, 0.2) is 0 Å². The largest absolute Gasteiger partial charge is 1.00 e. The van der Waals surface area contributed by atoms with Crippen LogP contribution in [0.2, 0.25) is 0 Å². The first kappa shape index (κ1) is 16.6. The molecular formula is C15H15NaO4.